The van der Waals surface area contributed by atoms with Crippen molar-refractivity contribution in [2.24, 2.45) is 5.73 Å². The fraction of sp³-hybridized carbons (Fsp3) is 0.417. The van der Waals surface area contributed by atoms with Gasteiger partial charge in [-0.2, -0.15) is 0 Å². The third-order valence-corrected chi connectivity index (χ3v) is 2.69. The van der Waals surface area contributed by atoms with Gasteiger partial charge >= 0.3 is 5.97 Å². The maximum atomic E-state index is 13.6. The van der Waals surface area contributed by atoms with Crippen molar-refractivity contribution < 1.29 is 13.9 Å². The van der Waals surface area contributed by atoms with Gasteiger partial charge in [0.25, 0.3) is 0 Å². The number of rotatable bonds is 3. The molecule has 1 unspecified atom stereocenters. The number of methoxy groups -OCH3 is 1. The van der Waals surface area contributed by atoms with E-state index in [0.717, 1.165) is 0 Å². The van der Waals surface area contributed by atoms with Crippen LogP contribution in [0.25, 0.3) is 0 Å². The summed E-state index contributed by atoms with van der Waals surface area (Å²) in [6, 6.07) is 3.06. The van der Waals surface area contributed by atoms with Crippen molar-refractivity contribution in [2.75, 3.05) is 13.7 Å². The summed E-state index contributed by atoms with van der Waals surface area (Å²) in [5.74, 6) is -0.917. The average Bonchev–Trinajstić information content (AvgIpc) is 2.30. The Kier molecular flexibility index (Phi) is 4.01. The first-order chi connectivity index (χ1) is 7.51. The minimum Gasteiger partial charge on any atom is -0.465 e. The zero-order chi connectivity index (χ0) is 12.3. The smallest absolute Gasteiger partial charge is 0.338 e. The van der Waals surface area contributed by atoms with Crippen molar-refractivity contribution in [1.82, 2.24) is 0 Å². The van der Waals surface area contributed by atoms with Gasteiger partial charge in [-0.1, -0.05) is 6.92 Å². The van der Waals surface area contributed by atoms with Gasteiger partial charge in [0.05, 0.1) is 12.7 Å². The Hall–Kier alpha value is -1.42. The summed E-state index contributed by atoms with van der Waals surface area (Å²) in [5.41, 5.74) is 6.79. The molecule has 0 amide bonds. The van der Waals surface area contributed by atoms with E-state index in [4.69, 9.17) is 5.73 Å². The molecule has 4 heteroatoms. The van der Waals surface area contributed by atoms with Gasteiger partial charge in [-0.25, -0.2) is 9.18 Å². The topological polar surface area (TPSA) is 52.3 Å². The molecule has 0 aliphatic heterocycles. The molecule has 0 aromatic heterocycles. The van der Waals surface area contributed by atoms with Gasteiger partial charge in [-0.15, -0.1) is 0 Å². The first-order valence-electron chi connectivity index (χ1n) is 5.09. The van der Waals surface area contributed by atoms with Crippen molar-refractivity contribution in [3.63, 3.8) is 0 Å². The Morgan fingerprint density at radius 1 is 1.56 bits per heavy atom. The molecule has 0 bridgehead atoms. The van der Waals surface area contributed by atoms with E-state index in [-0.39, 0.29) is 11.5 Å². The first kappa shape index (κ1) is 12.6. The maximum Gasteiger partial charge on any atom is 0.338 e. The van der Waals surface area contributed by atoms with Crippen molar-refractivity contribution in [2.45, 2.75) is 19.8 Å². The molecule has 3 nitrogen and oxygen atoms in total. The molecule has 88 valence electrons. The summed E-state index contributed by atoms with van der Waals surface area (Å²) in [7, 11) is 1.28. The summed E-state index contributed by atoms with van der Waals surface area (Å²) in [6.45, 7) is 3.84. The molecule has 1 aromatic rings. The molecule has 0 saturated heterocycles. The number of nitrogens with two attached hydrogens (primary N) is 1. The van der Waals surface area contributed by atoms with Gasteiger partial charge in [-0.3, -0.25) is 0 Å². The van der Waals surface area contributed by atoms with Gasteiger partial charge in [0, 0.05) is 0 Å². The lowest BCUT2D eigenvalue weighted by molar-refractivity contribution is 0.0599. The van der Waals surface area contributed by atoms with Gasteiger partial charge < -0.3 is 10.5 Å². The second-order valence-corrected chi connectivity index (χ2v) is 3.80. The lowest BCUT2D eigenvalue weighted by Gasteiger charge is -2.12. The quantitative estimate of drug-likeness (QED) is 0.800. The van der Waals surface area contributed by atoms with Crippen molar-refractivity contribution in [3.8, 4) is 0 Å². The standard InChI is InChI=1S/C12H16FNO2/c1-7(6-14)9-4-10(12(15)16-3)8(2)11(13)5-9/h4-5,7H,6,14H2,1-3H3. The molecule has 0 heterocycles. The van der Waals surface area contributed by atoms with Crippen LogP contribution < -0.4 is 5.73 Å². The van der Waals surface area contributed by atoms with Crippen LogP contribution in [0.4, 0.5) is 4.39 Å². The van der Waals surface area contributed by atoms with E-state index in [9.17, 15) is 9.18 Å². The summed E-state index contributed by atoms with van der Waals surface area (Å²) >= 11 is 0. The number of benzene rings is 1. The fourth-order valence-corrected chi connectivity index (χ4v) is 1.44. The van der Waals surface area contributed by atoms with E-state index in [0.29, 0.717) is 17.7 Å². The van der Waals surface area contributed by atoms with Crippen LogP contribution in [0.5, 0.6) is 0 Å². The summed E-state index contributed by atoms with van der Waals surface area (Å²) in [6.07, 6.45) is 0. The van der Waals surface area contributed by atoms with Crippen LogP contribution in [-0.4, -0.2) is 19.6 Å². The minimum atomic E-state index is -0.525. The first-order valence-corrected chi connectivity index (χ1v) is 5.09. The molecule has 0 spiro atoms. The molecule has 16 heavy (non-hydrogen) atoms. The second-order valence-electron chi connectivity index (χ2n) is 3.80. The number of carbonyl (C=O) groups excluding carboxylic acids is 1. The van der Waals surface area contributed by atoms with Crippen molar-refractivity contribution in [1.29, 1.82) is 0 Å². The molecule has 0 aliphatic rings. The normalized spacial score (nSPS) is 12.3. The number of ether oxygens (including phenoxy) is 1. The lowest BCUT2D eigenvalue weighted by Crippen LogP contribution is -2.12. The number of hydrogen-bond donors (Lipinski definition) is 1. The second kappa shape index (κ2) is 5.07. The molecule has 0 aliphatic carbocycles. The van der Waals surface area contributed by atoms with Crippen LogP contribution in [0.1, 0.15) is 34.3 Å². The van der Waals surface area contributed by atoms with Gasteiger partial charge in [0.1, 0.15) is 5.82 Å². The predicted octanol–water partition coefficient (Wildman–Crippen LogP) is 1.98. The molecular weight excluding hydrogens is 209 g/mol. The Bertz CT molecular complexity index is 404. The molecule has 0 fully saturated rings. The average molecular weight is 225 g/mol. The fourth-order valence-electron chi connectivity index (χ4n) is 1.44. The lowest BCUT2D eigenvalue weighted by atomic mass is 9.96. The SMILES string of the molecule is COC(=O)c1cc(C(C)CN)cc(F)c1C. The van der Waals surface area contributed by atoms with E-state index >= 15 is 0 Å². The van der Waals surface area contributed by atoms with E-state index in [2.05, 4.69) is 4.74 Å². The number of esters is 1. The molecule has 1 aromatic carbocycles. The Balaban J connectivity index is 3.27. The Labute approximate surface area is 94.4 Å². The van der Waals surface area contributed by atoms with Crippen LogP contribution in [-0.2, 0) is 4.74 Å². The van der Waals surface area contributed by atoms with Crippen molar-refractivity contribution in [3.05, 3.63) is 34.6 Å². The van der Waals surface area contributed by atoms with Crippen molar-refractivity contribution >= 4 is 5.97 Å². The molecule has 2 N–H and O–H groups in total. The minimum absolute atomic E-state index is 0.0125. The summed E-state index contributed by atoms with van der Waals surface area (Å²) in [5, 5.41) is 0. The van der Waals surface area contributed by atoms with E-state index in [1.165, 1.54) is 13.2 Å². The van der Waals surface area contributed by atoms with Crippen LogP contribution in [0, 0.1) is 12.7 Å². The third-order valence-electron chi connectivity index (χ3n) is 2.69. The van der Waals surface area contributed by atoms with Crippen LogP contribution in [0.3, 0.4) is 0 Å². The van der Waals surface area contributed by atoms with Crippen LogP contribution in [0.15, 0.2) is 12.1 Å². The summed E-state index contributed by atoms with van der Waals surface area (Å²) in [4.78, 5) is 11.4. The highest BCUT2D eigenvalue weighted by Gasteiger charge is 2.16. The maximum absolute atomic E-state index is 13.6. The largest absolute Gasteiger partial charge is 0.465 e. The number of halogens is 1. The van der Waals surface area contributed by atoms with Crippen LogP contribution >= 0.6 is 0 Å². The van der Waals surface area contributed by atoms with Gasteiger partial charge in [0.15, 0.2) is 0 Å². The molecular formula is C12H16FNO2. The molecule has 1 rings (SSSR count). The van der Waals surface area contributed by atoms with E-state index < -0.39 is 11.8 Å². The zero-order valence-corrected chi connectivity index (χ0v) is 9.71. The van der Waals surface area contributed by atoms with Gasteiger partial charge in [0.2, 0.25) is 0 Å². The number of carbonyl (C=O) groups is 1. The number of hydrogen-bond acceptors (Lipinski definition) is 3. The molecule has 0 radical (unpaired) electrons. The summed E-state index contributed by atoms with van der Waals surface area (Å²) < 4.78 is 18.2. The highest BCUT2D eigenvalue weighted by molar-refractivity contribution is 5.91. The monoisotopic (exact) mass is 225 g/mol. The molecule has 0 saturated carbocycles. The highest BCUT2D eigenvalue weighted by Crippen LogP contribution is 2.22. The third kappa shape index (κ3) is 2.39. The van der Waals surface area contributed by atoms with E-state index in [1.54, 1.807) is 13.0 Å². The van der Waals surface area contributed by atoms with Gasteiger partial charge in [-0.05, 0) is 42.6 Å². The molecule has 1 atom stereocenters. The van der Waals surface area contributed by atoms with Crippen LogP contribution in [0.2, 0.25) is 0 Å². The Morgan fingerprint density at radius 3 is 2.69 bits per heavy atom. The highest BCUT2D eigenvalue weighted by atomic mass is 19.1. The van der Waals surface area contributed by atoms with E-state index in [1.807, 2.05) is 6.92 Å². The zero-order valence-electron chi connectivity index (χ0n) is 9.71. The Morgan fingerprint density at radius 2 is 2.19 bits per heavy atom. The predicted molar refractivity (Wildman–Crippen MR) is 59.9 cm³/mol.